The zero-order valence-electron chi connectivity index (χ0n) is 42.0. The summed E-state index contributed by atoms with van der Waals surface area (Å²) in [5, 5.41) is 9.66. The minimum atomic E-state index is -0.873. The van der Waals surface area contributed by atoms with Crippen LogP contribution in [-0.2, 0) is 28.6 Å². The van der Waals surface area contributed by atoms with Gasteiger partial charge in [-0.15, -0.1) is 0 Å². The number of aliphatic carboxylic acids is 1. The van der Waals surface area contributed by atoms with Crippen LogP contribution in [0, 0.1) is 0 Å². The van der Waals surface area contributed by atoms with Crippen LogP contribution >= 0.6 is 0 Å². The molecule has 0 heterocycles. The number of unbranched alkanes of at least 4 members (excludes halogenated alkanes) is 28. The Morgan fingerprint density at radius 1 is 0.476 bits per heavy atom. The van der Waals surface area contributed by atoms with Gasteiger partial charge in [0.1, 0.15) is 6.61 Å². The second kappa shape index (κ2) is 46.1. The van der Waals surface area contributed by atoms with Crippen molar-refractivity contribution in [2.24, 2.45) is 0 Å². The predicted octanol–water partition coefficient (Wildman–Crippen LogP) is 15.4. The fourth-order valence-corrected chi connectivity index (χ4v) is 7.92. The Hall–Kier alpha value is -2.45. The molecule has 0 aliphatic heterocycles. The van der Waals surface area contributed by atoms with Crippen LogP contribution in [0.2, 0.25) is 0 Å². The number of carbonyl (C=O) groups is 3. The molecule has 0 aromatic carbocycles. The molecule has 2 atom stereocenters. The maximum Gasteiger partial charge on any atom is 0.362 e. The molecule has 0 bridgehead atoms. The molecule has 0 aliphatic rings. The van der Waals surface area contributed by atoms with E-state index in [1.807, 2.05) is 21.1 Å². The number of esters is 2. The van der Waals surface area contributed by atoms with Gasteiger partial charge in [-0.3, -0.25) is 9.59 Å². The molecular weight excluding hydrogens is 787 g/mol. The fourth-order valence-electron chi connectivity index (χ4n) is 7.92. The lowest BCUT2D eigenvalue weighted by atomic mass is 10.0. The van der Waals surface area contributed by atoms with Crippen LogP contribution in [0.15, 0.2) is 36.5 Å². The van der Waals surface area contributed by atoms with E-state index in [2.05, 4.69) is 50.3 Å². The lowest BCUT2D eigenvalue weighted by molar-refractivity contribution is -0.887. The number of nitrogens with zero attached hydrogens (tertiary/aromatic N) is 1. The number of carboxylic acids is 1. The molecule has 0 amide bonds. The van der Waals surface area contributed by atoms with Crippen molar-refractivity contribution < 1.29 is 38.2 Å². The van der Waals surface area contributed by atoms with E-state index in [0.29, 0.717) is 19.3 Å². The molecule has 368 valence electrons. The van der Waals surface area contributed by atoms with Crippen molar-refractivity contribution in [2.45, 2.75) is 257 Å². The molecular formula is C55H102NO7+. The lowest BCUT2D eigenvalue weighted by Crippen LogP contribution is -2.50. The average Bonchev–Trinajstić information content (AvgIpc) is 3.24. The Labute approximate surface area is 389 Å². The Kier molecular flexibility index (Phi) is 44.3. The van der Waals surface area contributed by atoms with Crippen LogP contribution in [0.1, 0.15) is 245 Å². The number of hydrogen-bond donors (Lipinski definition) is 1. The summed E-state index contributed by atoms with van der Waals surface area (Å²) in [5.74, 6) is -1.46. The summed E-state index contributed by atoms with van der Waals surface area (Å²) in [6, 6.07) is -0.614. The number of ether oxygens (including phenoxy) is 3. The number of carboxylic acid groups (broad SMARTS) is 1. The molecule has 1 N–H and O–H groups in total. The molecule has 0 aromatic rings. The molecule has 2 unspecified atom stereocenters. The van der Waals surface area contributed by atoms with Crippen molar-refractivity contribution >= 4 is 17.9 Å². The fraction of sp³-hybridized carbons (Fsp3) is 0.836. The largest absolute Gasteiger partial charge is 0.477 e. The van der Waals surface area contributed by atoms with Gasteiger partial charge < -0.3 is 23.8 Å². The second-order valence-electron chi connectivity index (χ2n) is 19.1. The van der Waals surface area contributed by atoms with Crippen LogP contribution in [0.5, 0.6) is 0 Å². The Morgan fingerprint density at radius 3 is 1.27 bits per heavy atom. The number of carbonyl (C=O) groups excluding carboxylic acids is 2. The average molecular weight is 889 g/mol. The number of quaternary nitrogens is 1. The van der Waals surface area contributed by atoms with E-state index in [0.717, 1.165) is 51.4 Å². The summed E-state index contributed by atoms with van der Waals surface area (Å²) in [7, 11) is 5.54. The smallest absolute Gasteiger partial charge is 0.362 e. The van der Waals surface area contributed by atoms with Gasteiger partial charge in [0.2, 0.25) is 0 Å². The van der Waals surface area contributed by atoms with Gasteiger partial charge in [-0.1, -0.05) is 211 Å². The van der Waals surface area contributed by atoms with E-state index < -0.39 is 18.1 Å². The SMILES string of the molecule is CCCCC/C=C/C/C=C/C/C=C/CCCCCCCCCCCC(=O)OCC(COCCC(C(=O)O)[N+](C)(C)C)OC(=O)CCCCCCCCCCCCCCCCCCC. The lowest BCUT2D eigenvalue weighted by Gasteiger charge is -2.31. The van der Waals surface area contributed by atoms with Gasteiger partial charge >= 0.3 is 17.9 Å². The van der Waals surface area contributed by atoms with E-state index in [4.69, 9.17) is 14.2 Å². The summed E-state index contributed by atoms with van der Waals surface area (Å²) >= 11 is 0. The monoisotopic (exact) mass is 889 g/mol. The van der Waals surface area contributed by atoms with Crippen molar-refractivity contribution in [3.05, 3.63) is 36.5 Å². The first kappa shape index (κ1) is 60.5. The summed E-state index contributed by atoms with van der Waals surface area (Å²) in [5.41, 5.74) is 0. The Morgan fingerprint density at radius 2 is 0.841 bits per heavy atom. The van der Waals surface area contributed by atoms with E-state index in [1.54, 1.807) is 0 Å². The van der Waals surface area contributed by atoms with Gasteiger partial charge in [0.25, 0.3) is 0 Å². The van der Waals surface area contributed by atoms with Gasteiger partial charge in [0.15, 0.2) is 12.1 Å². The zero-order valence-corrected chi connectivity index (χ0v) is 42.0. The first-order chi connectivity index (χ1) is 30.6. The van der Waals surface area contributed by atoms with Crippen molar-refractivity contribution in [3.8, 4) is 0 Å². The van der Waals surface area contributed by atoms with Crippen molar-refractivity contribution in [1.29, 1.82) is 0 Å². The van der Waals surface area contributed by atoms with Crippen LogP contribution < -0.4 is 0 Å². The molecule has 8 nitrogen and oxygen atoms in total. The van der Waals surface area contributed by atoms with Crippen LogP contribution in [0.4, 0.5) is 0 Å². The third-order valence-corrected chi connectivity index (χ3v) is 12.0. The van der Waals surface area contributed by atoms with E-state index in [1.165, 1.54) is 161 Å². The third kappa shape index (κ3) is 44.5. The highest BCUT2D eigenvalue weighted by atomic mass is 16.6. The van der Waals surface area contributed by atoms with Crippen molar-refractivity contribution in [3.63, 3.8) is 0 Å². The van der Waals surface area contributed by atoms with Gasteiger partial charge in [-0.2, -0.15) is 0 Å². The molecule has 8 heteroatoms. The van der Waals surface area contributed by atoms with Crippen LogP contribution in [0.3, 0.4) is 0 Å². The number of allylic oxidation sites excluding steroid dienone is 6. The van der Waals surface area contributed by atoms with E-state index >= 15 is 0 Å². The first-order valence-corrected chi connectivity index (χ1v) is 26.5. The zero-order chi connectivity index (χ0) is 46.3. The second-order valence-corrected chi connectivity index (χ2v) is 19.1. The topological polar surface area (TPSA) is 99.1 Å². The maximum atomic E-state index is 12.8. The third-order valence-electron chi connectivity index (χ3n) is 12.0. The number of hydrogen-bond acceptors (Lipinski definition) is 6. The highest BCUT2D eigenvalue weighted by Gasteiger charge is 2.31. The van der Waals surface area contributed by atoms with Crippen molar-refractivity contribution in [2.75, 3.05) is 41.0 Å². The standard InChI is InChI=1S/C55H101NO7/c1-6-8-10-12-14-16-18-20-22-24-25-26-27-28-30-31-33-35-37-39-41-43-45-53(57)62-50-51(49-61-48-47-52(55(59)60)56(3,4)5)63-54(58)46-44-42-40-38-36-34-32-29-23-21-19-17-15-13-11-9-7-2/h14,16,20,22,25-26,51-52H,6-13,15,17-19,21,23-24,27-50H2,1-5H3/p+1/b16-14+,22-20+,26-25+. The van der Waals surface area contributed by atoms with Crippen LogP contribution in [-0.4, -0.2) is 80.6 Å². The van der Waals surface area contributed by atoms with Crippen molar-refractivity contribution in [1.82, 2.24) is 0 Å². The minimum Gasteiger partial charge on any atom is -0.477 e. The molecule has 0 saturated carbocycles. The quantitative estimate of drug-likeness (QED) is 0.0281. The summed E-state index contributed by atoms with van der Waals surface area (Å²) in [4.78, 5) is 37.2. The summed E-state index contributed by atoms with van der Waals surface area (Å²) in [6.45, 7) is 4.74. The Bertz CT molecular complexity index is 1130. The summed E-state index contributed by atoms with van der Waals surface area (Å²) in [6.07, 6.45) is 54.7. The minimum absolute atomic E-state index is 0.0503. The van der Waals surface area contributed by atoms with Crippen LogP contribution in [0.25, 0.3) is 0 Å². The maximum absolute atomic E-state index is 12.8. The van der Waals surface area contributed by atoms with Gasteiger partial charge in [-0.05, 0) is 51.4 Å². The molecule has 0 aromatic heterocycles. The highest BCUT2D eigenvalue weighted by molar-refractivity contribution is 5.72. The van der Waals surface area contributed by atoms with Gasteiger partial charge in [0, 0.05) is 19.3 Å². The highest BCUT2D eigenvalue weighted by Crippen LogP contribution is 2.16. The Balaban J connectivity index is 4.21. The molecule has 0 radical (unpaired) electrons. The van der Waals surface area contributed by atoms with E-state index in [9.17, 15) is 19.5 Å². The molecule has 0 spiro atoms. The molecule has 0 aliphatic carbocycles. The van der Waals surface area contributed by atoms with Gasteiger partial charge in [0.05, 0.1) is 34.4 Å². The number of likely N-dealkylation sites (N-methyl/N-ethyl adjacent to an activating group) is 1. The summed E-state index contributed by atoms with van der Waals surface area (Å²) < 4.78 is 17.4. The van der Waals surface area contributed by atoms with Gasteiger partial charge in [-0.25, -0.2) is 4.79 Å². The number of rotatable bonds is 48. The predicted molar refractivity (Wildman–Crippen MR) is 266 cm³/mol. The molecule has 0 fully saturated rings. The normalized spacial score (nSPS) is 13.1. The molecule has 0 rings (SSSR count). The first-order valence-electron chi connectivity index (χ1n) is 26.5. The molecule has 0 saturated heterocycles. The molecule has 63 heavy (non-hydrogen) atoms. The van der Waals surface area contributed by atoms with E-state index in [-0.39, 0.29) is 36.2 Å².